The Morgan fingerprint density at radius 3 is 2.76 bits per heavy atom. The summed E-state index contributed by atoms with van der Waals surface area (Å²) in [7, 11) is 0. The summed E-state index contributed by atoms with van der Waals surface area (Å²) in [6.07, 6.45) is 1.11. The van der Waals surface area contributed by atoms with Crippen LogP contribution >= 0.6 is 12.4 Å². The maximum absolute atomic E-state index is 12.5. The van der Waals surface area contributed by atoms with Gasteiger partial charge in [-0.3, -0.25) is 4.79 Å². The molecule has 3 rings (SSSR count). The average Bonchev–Trinajstić information content (AvgIpc) is 2.49. The maximum atomic E-state index is 12.5. The second-order valence-electron chi connectivity index (χ2n) is 5.58. The van der Waals surface area contributed by atoms with Crippen molar-refractivity contribution in [2.24, 2.45) is 5.92 Å². The summed E-state index contributed by atoms with van der Waals surface area (Å²) in [5, 5.41) is 8.64. The molecule has 112 valence electrons. The number of amides is 1. The molecule has 2 aromatic carbocycles. The number of benzene rings is 2. The van der Waals surface area contributed by atoms with Crippen molar-refractivity contribution in [3.63, 3.8) is 0 Å². The zero-order valence-electron chi connectivity index (χ0n) is 12.1. The van der Waals surface area contributed by atoms with Gasteiger partial charge in [-0.1, -0.05) is 43.3 Å². The maximum Gasteiger partial charge on any atom is 0.252 e. The van der Waals surface area contributed by atoms with Crippen molar-refractivity contribution in [2.45, 2.75) is 19.4 Å². The molecule has 0 saturated carbocycles. The minimum absolute atomic E-state index is 0. The first-order valence-electron chi connectivity index (χ1n) is 7.25. The quantitative estimate of drug-likeness (QED) is 0.895. The molecule has 0 radical (unpaired) electrons. The smallest absolute Gasteiger partial charge is 0.252 e. The number of hydrogen-bond acceptors (Lipinski definition) is 2. The molecule has 21 heavy (non-hydrogen) atoms. The fourth-order valence-corrected chi connectivity index (χ4v) is 2.85. The van der Waals surface area contributed by atoms with Crippen molar-refractivity contribution in [1.82, 2.24) is 10.6 Å². The standard InChI is InChI=1S/C17H20N2O.ClH/c1-12-9-10-18-11-16(12)19-17(20)15-8-4-6-13-5-2-3-7-14(13)15;/h2-8,12,16,18H,9-11H2,1H3,(H,19,20);1H. The summed E-state index contributed by atoms with van der Waals surface area (Å²) in [5.74, 6) is 0.553. The first-order valence-corrected chi connectivity index (χ1v) is 7.25. The van der Waals surface area contributed by atoms with Gasteiger partial charge >= 0.3 is 0 Å². The Balaban J connectivity index is 0.00000161. The first-order chi connectivity index (χ1) is 9.75. The van der Waals surface area contributed by atoms with E-state index in [0.29, 0.717) is 5.92 Å². The fourth-order valence-electron chi connectivity index (χ4n) is 2.85. The summed E-state index contributed by atoms with van der Waals surface area (Å²) in [6.45, 7) is 4.11. The van der Waals surface area contributed by atoms with Crippen LogP contribution in [-0.4, -0.2) is 25.0 Å². The molecule has 0 spiro atoms. The van der Waals surface area contributed by atoms with E-state index < -0.39 is 0 Å². The third-order valence-electron chi connectivity index (χ3n) is 4.18. The van der Waals surface area contributed by atoms with Crippen LogP contribution in [-0.2, 0) is 0 Å². The molecule has 3 nitrogen and oxygen atoms in total. The van der Waals surface area contributed by atoms with Crippen molar-refractivity contribution in [3.05, 3.63) is 48.0 Å². The number of piperidine rings is 1. The Kier molecular flexibility index (Phi) is 5.21. The zero-order valence-corrected chi connectivity index (χ0v) is 13.0. The summed E-state index contributed by atoms with van der Waals surface area (Å²) in [4.78, 5) is 12.5. The van der Waals surface area contributed by atoms with Gasteiger partial charge in [-0.2, -0.15) is 0 Å². The highest BCUT2D eigenvalue weighted by molar-refractivity contribution is 6.07. The van der Waals surface area contributed by atoms with E-state index in [2.05, 4.69) is 17.6 Å². The summed E-state index contributed by atoms with van der Waals surface area (Å²) in [6, 6.07) is 14.1. The van der Waals surface area contributed by atoms with Gasteiger partial charge in [-0.25, -0.2) is 0 Å². The monoisotopic (exact) mass is 304 g/mol. The molecule has 1 aliphatic heterocycles. The van der Waals surface area contributed by atoms with E-state index in [9.17, 15) is 4.79 Å². The molecule has 0 aliphatic carbocycles. The first kappa shape index (κ1) is 15.8. The molecule has 1 fully saturated rings. The molecule has 1 aliphatic rings. The second kappa shape index (κ2) is 6.92. The SMILES string of the molecule is CC1CCNCC1NC(=O)c1cccc2ccccc12.Cl. The van der Waals surface area contributed by atoms with Crippen LogP contribution in [0.4, 0.5) is 0 Å². The van der Waals surface area contributed by atoms with Crippen molar-refractivity contribution < 1.29 is 4.79 Å². The van der Waals surface area contributed by atoms with E-state index in [1.54, 1.807) is 0 Å². The second-order valence-corrected chi connectivity index (χ2v) is 5.58. The molecule has 2 unspecified atom stereocenters. The molecular formula is C17H21ClN2O. The molecule has 2 N–H and O–H groups in total. The number of carbonyl (C=O) groups excluding carboxylic acids is 1. The molecule has 1 heterocycles. The molecular weight excluding hydrogens is 284 g/mol. The Morgan fingerprint density at radius 1 is 1.19 bits per heavy atom. The van der Waals surface area contributed by atoms with Gasteiger partial charge in [0, 0.05) is 18.2 Å². The van der Waals surface area contributed by atoms with Gasteiger partial charge in [0.25, 0.3) is 5.91 Å². The predicted octanol–water partition coefficient (Wildman–Crippen LogP) is 2.99. The number of carbonyl (C=O) groups is 1. The van der Waals surface area contributed by atoms with Crippen LogP contribution in [0.5, 0.6) is 0 Å². The Labute approximate surface area is 131 Å². The molecule has 0 aromatic heterocycles. The van der Waals surface area contributed by atoms with Gasteiger partial charge in [0.15, 0.2) is 0 Å². The minimum atomic E-state index is 0. The summed E-state index contributed by atoms with van der Waals surface area (Å²) < 4.78 is 0. The fraction of sp³-hybridized carbons (Fsp3) is 0.353. The lowest BCUT2D eigenvalue weighted by Crippen LogP contribution is -2.50. The van der Waals surface area contributed by atoms with Crippen molar-refractivity contribution in [2.75, 3.05) is 13.1 Å². The van der Waals surface area contributed by atoms with Crippen LogP contribution in [0, 0.1) is 5.92 Å². The van der Waals surface area contributed by atoms with Crippen molar-refractivity contribution in [1.29, 1.82) is 0 Å². The van der Waals surface area contributed by atoms with E-state index in [4.69, 9.17) is 0 Å². The van der Waals surface area contributed by atoms with Crippen LogP contribution in [0.2, 0.25) is 0 Å². The molecule has 4 heteroatoms. The number of hydrogen-bond donors (Lipinski definition) is 2. The largest absolute Gasteiger partial charge is 0.348 e. The highest BCUT2D eigenvalue weighted by atomic mass is 35.5. The van der Waals surface area contributed by atoms with E-state index >= 15 is 0 Å². The molecule has 0 bridgehead atoms. The Hall–Kier alpha value is -1.58. The Bertz CT molecular complexity index is 624. The molecule has 2 atom stereocenters. The zero-order chi connectivity index (χ0) is 13.9. The highest BCUT2D eigenvalue weighted by Crippen LogP contribution is 2.19. The molecule has 1 amide bonds. The van der Waals surface area contributed by atoms with Crippen LogP contribution in [0.1, 0.15) is 23.7 Å². The van der Waals surface area contributed by atoms with Crippen LogP contribution in [0.3, 0.4) is 0 Å². The third kappa shape index (κ3) is 3.36. The van der Waals surface area contributed by atoms with E-state index in [0.717, 1.165) is 35.8 Å². The molecule has 1 saturated heterocycles. The van der Waals surface area contributed by atoms with Gasteiger partial charge in [0.2, 0.25) is 0 Å². The molecule has 2 aromatic rings. The minimum Gasteiger partial charge on any atom is -0.348 e. The average molecular weight is 305 g/mol. The van der Waals surface area contributed by atoms with E-state index in [-0.39, 0.29) is 24.4 Å². The number of nitrogens with one attached hydrogen (secondary N) is 2. The number of rotatable bonds is 2. The third-order valence-corrected chi connectivity index (χ3v) is 4.18. The van der Waals surface area contributed by atoms with E-state index in [1.165, 1.54) is 0 Å². The van der Waals surface area contributed by atoms with Gasteiger partial charge in [0.1, 0.15) is 0 Å². The highest BCUT2D eigenvalue weighted by Gasteiger charge is 2.23. The predicted molar refractivity (Wildman–Crippen MR) is 89.1 cm³/mol. The van der Waals surface area contributed by atoms with Gasteiger partial charge < -0.3 is 10.6 Å². The van der Waals surface area contributed by atoms with Gasteiger partial charge in [-0.15, -0.1) is 12.4 Å². The lowest BCUT2D eigenvalue weighted by molar-refractivity contribution is 0.0917. The van der Waals surface area contributed by atoms with Crippen LogP contribution in [0.15, 0.2) is 42.5 Å². The number of fused-ring (bicyclic) bond motifs is 1. The normalized spacial score (nSPS) is 21.6. The van der Waals surface area contributed by atoms with E-state index in [1.807, 2.05) is 42.5 Å². The summed E-state index contributed by atoms with van der Waals surface area (Å²) in [5.41, 5.74) is 0.765. The van der Waals surface area contributed by atoms with Gasteiger partial charge in [0.05, 0.1) is 0 Å². The van der Waals surface area contributed by atoms with Crippen molar-refractivity contribution in [3.8, 4) is 0 Å². The van der Waals surface area contributed by atoms with Crippen LogP contribution < -0.4 is 10.6 Å². The Morgan fingerprint density at radius 2 is 1.95 bits per heavy atom. The number of halogens is 1. The lowest BCUT2D eigenvalue weighted by atomic mass is 9.94. The van der Waals surface area contributed by atoms with Gasteiger partial charge in [-0.05, 0) is 35.7 Å². The van der Waals surface area contributed by atoms with Crippen molar-refractivity contribution >= 4 is 29.1 Å². The lowest BCUT2D eigenvalue weighted by Gasteiger charge is -2.30. The summed E-state index contributed by atoms with van der Waals surface area (Å²) >= 11 is 0. The topological polar surface area (TPSA) is 41.1 Å². The van der Waals surface area contributed by atoms with Crippen LogP contribution in [0.25, 0.3) is 10.8 Å².